The second-order valence-electron chi connectivity index (χ2n) is 2.48. The minimum Gasteiger partial charge on any atom is -0.309 e. The number of hydrogen-bond acceptors (Lipinski definition) is 3. The predicted octanol–water partition coefficient (Wildman–Crippen LogP) is 1.71. The summed E-state index contributed by atoms with van der Waals surface area (Å²) < 4.78 is 0. The molecule has 2 heterocycles. The van der Waals surface area contributed by atoms with E-state index in [1.165, 1.54) is 0 Å². The third kappa shape index (κ3) is 1.34. The molecule has 0 unspecified atom stereocenters. The molecule has 0 radical (unpaired) electrons. The van der Waals surface area contributed by atoms with Crippen molar-refractivity contribution in [2.45, 2.75) is 6.42 Å². The predicted molar refractivity (Wildman–Crippen MR) is 47.4 cm³/mol. The average molecular weight is 159 g/mol. The summed E-state index contributed by atoms with van der Waals surface area (Å²) in [6.45, 7) is 0. The number of allylic oxidation sites excluding steroid dienone is 2. The second kappa shape index (κ2) is 3.17. The van der Waals surface area contributed by atoms with E-state index in [9.17, 15) is 0 Å². The Hall–Kier alpha value is -1.64. The van der Waals surface area contributed by atoms with Crippen molar-refractivity contribution >= 4 is 5.82 Å². The normalized spacial score (nSPS) is 15.2. The fraction of sp³-hybridized carbons (Fsp3) is 0.111. The van der Waals surface area contributed by atoms with Crippen LogP contribution in [-0.4, -0.2) is 9.97 Å². The smallest absolute Gasteiger partial charge is 0.139 e. The summed E-state index contributed by atoms with van der Waals surface area (Å²) in [6.07, 6.45) is 12.5. The van der Waals surface area contributed by atoms with Gasteiger partial charge in [0, 0.05) is 18.6 Å². The van der Waals surface area contributed by atoms with Gasteiger partial charge in [-0.05, 0) is 12.5 Å². The molecule has 0 aliphatic carbocycles. The van der Waals surface area contributed by atoms with Crippen molar-refractivity contribution in [3.05, 3.63) is 43.1 Å². The second-order valence-corrected chi connectivity index (χ2v) is 2.48. The highest BCUT2D eigenvalue weighted by Gasteiger charge is 2.00. The summed E-state index contributed by atoms with van der Waals surface area (Å²) in [5.74, 6) is 0.900. The highest BCUT2D eigenvalue weighted by molar-refractivity contribution is 5.45. The largest absolute Gasteiger partial charge is 0.309 e. The van der Waals surface area contributed by atoms with E-state index < -0.39 is 0 Å². The lowest BCUT2D eigenvalue weighted by Gasteiger charge is -2.15. The van der Waals surface area contributed by atoms with Gasteiger partial charge in [-0.2, -0.15) is 0 Å². The maximum Gasteiger partial charge on any atom is 0.139 e. The molecular formula is C9H9N3. The lowest BCUT2D eigenvalue weighted by Crippen LogP contribution is -2.10. The molecule has 0 bridgehead atoms. The number of hydrogen-bond donors (Lipinski definition) is 0. The fourth-order valence-electron chi connectivity index (χ4n) is 1.07. The van der Waals surface area contributed by atoms with Gasteiger partial charge in [0.2, 0.25) is 0 Å². The molecule has 60 valence electrons. The van der Waals surface area contributed by atoms with Crippen LogP contribution in [-0.2, 0) is 0 Å². The zero-order valence-electron chi connectivity index (χ0n) is 6.59. The zero-order valence-corrected chi connectivity index (χ0v) is 6.59. The summed E-state index contributed by atoms with van der Waals surface area (Å²) in [5, 5.41) is 0. The first kappa shape index (κ1) is 7.03. The lowest BCUT2D eigenvalue weighted by molar-refractivity contribution is 1.08. The first-order chi connectivity index (χ1) is 5.97. The first-order valence-electron chi connectivity index (χ1n) is 3.84. The molecule has 2 rings (SSSR count). The van der Waals surface area contributed by atoms with Gasteiger partial charge < -0.3 is 4.90 Å². The highest BCUT2D eigenvalue weighted by Crippen LogP contribution is 2.12. The van der Waals surface area contributed by atoms with Gasteiger partial charge in [0.05, 0.1) is 0 Å². The molecule has 1 aliphatic rings. The molecule has 1 aromatic rings. The summed E-state index contributed by atoms with van der Waals surface area (Å²) >= 11 is 0. The Balaban J connectivity index is 2.25. The van der Waals surface area contributed by atoms with E-state index in [0.717, 1.165) is 12.2 Å². The van der Waals surface area contributed by atoms with Crippen LogP contribution >= 0.6 is 0 Å². The van der Waals surface area contributed by atoms with Crippen molar-refractivity contribution in [2.75, 3.05) is 4.90 Å². The Bertz CT molecular complexity index is 291. The van der Waals surface area contributed by atoms with Crippen molar-refractivity contribution in [2.24, 2.45) is 0 Å². The summed E-state index contributed by atoms with van der Waals surface area (Å²) in [7, 11) is 0. The van der Waals surface area contributed by atoms with Crippen molar-refractivity contribution in [1.82, 2.24) is 9.97 Å². The van der Waals surface area contributed by atoms with Crippen LogP contribution in [0.2, 0.25) is 0 Å². The van der Waals surface area contributed by atoms with Crippen LogP contribution in [0.4, 0.5) is 5.82 Å². The van der Waals surface area contributed by atoms with E-state index in [0.29, 0.717) is 0 Å². The molecule has 1 aliphatic heterocycles. The Morgan fingerprint density at radius 2 is 2.08 bits per heavy atom. The highest BCUT2D eigenvalue weighted by atomic mass is 15.2. The maximum absolute atomic E-state index is 4.11. The van der Waals surface area contributed by atoms with Crippen molar-refractivity contribution in [3.8, 4) is 0 Å². The lowest BCUT2D eigenvalue weighted by atomic mass is 10.3. The topological polar surface area (TPSA) is 29.0 Å². The quantitative estimate of drug-likeness (QED) is 0.624. The van der Waals surface area contributed by atoms with Crippen LogP contribution in [0.15, 0.2) is 43.1 Å². The maximum atomic E-state index is 4.11. The van der Waals surface area contributed by atoms with Crippen LogP contribution in [0.1, 0.15) is 6.42 Å². The zero-order chi connectivity index (χ0) is 8.23. The average Bonchev–Trinajstić information content (AvgIpc) is 2.21. The van der Waals surface area contributed by atoms with Crippen molar-refractivity contribution in [3.63, 3.8) is 0 Å². The number of rotatable bonds is 1. The van der Waals surface area contributed by atoms with E-state index in [-0.39, 0.29) is 0 Å². The number of aromatic nitrogens is 2. The molecule has 12 heavy (non-hydrogen) atoms. The SMILES string of the molecule is C1=CN(c2ccncn2)C=CC1. The van der Waals surface area contributed by atoms with Gasteiger partial charge in [-0.25, -0.2) is 9.97 Å². The molecule has 0 N–H and O–H groups in total. The standard InChI is InChI=1S/C9H9N3/c1-2-6-12(7-3-1)9-4-5-10-8-11-9/h2-8H,1H2. The molecule has 0 amide bonds. The van der Waals surface area contributed by atoms with E-state index in [2.05, 4.69) is 22.1 Å². The third-order valence-electron chi connectivity index (χ3n) is 1.64. The number of anilines is 1. The third-order valence-corrected chi connectivity index (χ3v) is 1.64. The number of nitrogens with zero attached hydrogens (tertiary/aromatic N) is 3. The molecule has 0 saturated carbocycles. The Morgan fingerprint density at radius 1 is 1.25 bits per heavy atom. The van der Waals surface area contributed by atoms with Crippen molar-refractivity contribution < 1.29 is 0 Å². The van der Waals surface area contributed by atoms with E-state index in [1.807, 2.05) is 23.4 Å². The molecule has 0 saturated heterocycles. The van der Waals surface area contributed by atoms with Gasteiger partial charge in [0.15, 0.2) is 0 Å². The van der Waals surface area contributed by atoms with Crippen LogP contribution in [0.25, 0.3) is 0 Å². The first-order valence-corrected chi connectivity index (χ1v) is 3.84. The molecule has 0 aromatic carbocycles. The van der Waals surface area contributed by atoms with Gasteiger partial charge in [-0.3, -0.25) is 0 Å². The van der Waals surface area contributed by atoms with E-state index in [4.69, 9.17) is 0 Å². The molecular weight excluding hydrogens is 150 g/mol. The van der Waals surface area contributed by atoms with Crippen LogP contribution in [0.5, 0.6) is 0 Å². The molecule has 0 spiro atoms. The summed E-state index contributed by atoms with van der Waals surface area (Å²) in [4.78, 5) is 9.93. The van der Waals surface area contributed by atoms with Gasteiger partial charge in [-0.1, -0.05) is 12.2 Å². The van der Waals surface area contributed by atoms with Crippen molar-refractivity contribution in [1.29, 1.82) is 0 Å². The minimum atomic E-state index is 0.900. The minimum absolute atomic E-state index is 0.900. The van der Waals surface area contributed by atoms with Crippen LogP contribution < -0.4 is 4.90 Å². The van der Waals surface area contributed by atoms with Crippen LogP contribution in [0.3, 0.4) is 0 Å². The van der Waals surface area contributed by atoms with E-state index in [1.54, 1.807) is 12.5 Å². The summed E-state index contributed by atoms with van der Waals surface area (Å²) in [6, 6.07) is 1.88. The van der Waals surface area contributed by atoms with Gasteiger partial charge in [0.1, 0.15) is 12.1 Å². The molecule has 1 aromatic heterocycles. The molecule has 0 fully saturated rings. The fourth-order valence-corrected chi connectivity index (χ4v) is 1.07. The Labute approximate surface area is 71.1 Å². The molecule has 0 atom stereocenters. The van der Waals surface area contributed by atoms with Crippen LogP contribution in [0, 0.1) is 0 Å². The Kier molecular flexibility index (Phi) is 1.86. The van der Waals surface area contributed by atoms with E-state index >= 15 is 0 Å². The molecule has 3 nitrogen and oxygen atoms in total. The monoisotopic (exact) mass is 159 g/mol. The van der Waals surface area contributed by atoms with Gasteiger partial charge in [0.25, 0.3) is 0 Å². The Morgan fingerprint density at radius 3 is 2.75 bits per heavy atom. The molecule has 3 heteroatoms. The summed E-state index contributed by atoms with van der Waals surface area (Å²) in [5.41, 5.74) is 0. The van der Waals surface area contributed by atoms with Gasteiger partial charge >= 0.3 is 0 Å². The van der Waals surface area contributed by atoms with Gasteiger partial charge in [-0.15, -0.1) is 0 Å².